The number of nitrogens with two attached hydrogens (primary N) is 1. The third-order valence-electron chi connectivity index (χ3n) is 3.47. The number of benzene rings is 1. The summed E-state index contributed by atoms with van der Waals surface area (Å²) in [5.74, 6) is 0.956. The minimum Gasteiger partial charge on any atom is -0.379 e. The van der Waals surface area contributed by atoms with E-state index in [1.165, 1.54) is 0 Å². The number of hydrogen-bond acceptors (Lipinski definition) is 4. The second-order valence-corrected chi connectivity index (χ2v) is 6.66. The zero-order chi connectivity index (χ0) is 14.8. The van der Waals surface area contributed by atoms with E-state index in [9.17, 15) is 4.79 Å². The van der Waals surface area contributed by atoms with Gasteiger partial charge in [0, 0.05) is 17.4 Å². The number of rotatable bonds is 3. The van der Waals surface area contributed by atoms with Gasteiger partial charge in [0.05, 0.1) is 5.54 Å². The van der Waals surface area contributed by atoms with Crippen molar-refractivity contribution in [3.63, 3.8) is 0 Å². The first kappa shape index (κ1) is 14.9. The SMILES string of the molecule is CC(C)C(=O)Nc1cccc(C2(C)CCSC(N)=N2)c1. The fraction of sp³-hybridized carbons (Fsp3) is 0.467. The number of anilines is 1. The molecule has 0 bridgehead atoms. The molecule has 1 atom stereocenters. The molecule has 0 fully saturated rings. The van der Waals surface area contributed by atoms with E-state index in [0.29, 0.717) is 5.17 Å². The monoisotopic (exact) mass is 291 g/mol. The fourth-order valence-electron chi connectivity index (χ4n) is 2.11. The molecule has 20 heavy (non-hydrogen) atoms. The number of aliphatic imine (C=N–C) groups is 1. The fourth-order valence-corrected chi connectivity index (χ4v) is 3.09. The quantitative estimate of drug-likeness (QED) is 0.899. The van der Waals surface area contributed by atoms with Gasteiger partial charge in [0.25, 0.3) is 0 Å². The smallest absolute Gasteiger partial charge is 0.226 e. The largest absolute Gasteiger partial charge is 0.379 e. The number of carbonyl (C=O) groups is 1. The van der Waals surface area contributed by atoms with Crippen LogP contribution in [0.4, 0.5) is 5.69 Å². The Kier molecular flexibility index (Phi) is 4.38. The summed E-state index contributed by atoms with van der Waals surface area (Å²) in [4.78, 5) is 16.4. The Morgan fingerprint density at radius 1 is 1.50 bits per heavy atom. The predicted molar refractivity (Wildman–Crippen MR) is 86.0 cm³/mol. The molecule has 1 unspecified atom stereocenters. The lowest BCUT2D eigenvalue weighted by Gasteiger charge is -2.30. The molecule has 5 heteroatoms. The maximum atomic E-state index is 11.8. The molecule has 108 valence electrons. The molecule has 1 amide bonds. The second kappa shape index (κ2) is 5.87. The highest BCUT2D eigenvalue weighted by molar-refractivity contribution is 8.13. The van der Waals surface area contributed by atoms with Gasteiger partial charge in [0.2, 0.25) is 5.91 Å². The maximum absolute atomic E-state index is 11.8. The topological polar surface area (TPSA) is 67.5 Å². The van der Waals surface area contributed by atoms with Gasteiger partial charge in [0.1, 0.15) is 0 Å². The Morgan fingerprint density at radius 2 is 2.25 bits per heavy atom. The van der Waals surface area contributed by atoms with Crippen molar-refractivity contribution in [3.8, 4) is 0 Å². The number of thioether (sulfide) groups is 1. The van der Waals surface area contributed by atoms with Crippen LogP contribution in [0.5, 0.6) is 0 Å². The lowest BCUT2D eigenvalue weighted by molar-refractivity contribution is -0.118. The molecule has 0 aromatic heterocycles. The average Bonchev–Trinajstić information content (AvgIpc) is 2.38. The minimum atomic E-state index is -0.298. The highest BCUT2D eigenvalue weighted by Gasteiger charge is 2.29. The first-order valence-electron chi connectivity index (χ1n) is 6.80. The molecule has 3 N–H and O–H groups in total. The van der Waals surface area contributed by atoms with Gasteiger partial charge in [-0.15, -0.1) is 0 Å². The van der Waals surface area contributed by atoms with Crippen LogP contribution in [-0.4, -0.2) is 16.8 Å². The van der Waals surface area contributed by atoms with Crippen molar-refractivity contribution >= 4 is 28.5 Å². The van der Waals surface area contributed by atoms with Crippen molar-refractivity contribution in [3.05, 3.63) is 29.8 Å². The van der Waals surface area contributed by atoms with Crippen LogP contribution in [0.2, 0.25) is 0 Å². The molecule has 1 aromatic carbocycles. The molecule has 0 aliphatic carbocycles. The molecule has 1 aromatic rings. The molecule has 1 aliphatic heterocycles. The highest BCUT2D eigenvalue weighted by atomic mass is 32.2. The Labute approximate surface area is 124 Å². The van der Waals surface area contributed by atoms with Gasteiger partial charge in [-0.3, -0.25) is 9.79 Å². The standard InChI is InChI=1S/C15H21N3OS/c1-10(2)13(19)17-12-6-4-5-11(9-12)15(3)7-8-20-14(16)18-15/h4-6,9-10H,7-8H2,1-3H3,(H2,16,18)(H,17,19). The summed E-state index contributed by atoms with van der Waals surface area (Å²) in [5, 5.41) is 3.56. The summed E-state index contributed by atoms with van der Waals surface area (Å²) >= 11 is 1.59. The van der Waals surface area contributed by atoms with Crippen molar-refractivity contribution in [2.45, 2.75) is 32.7 Å². The Balaban J connectivity index is 2.26. The number of amidine groups is 1. The summed E-state index contributed by atoms with van der Waals surface area (Å²) < 4.78 is 0. The molecular formula is C15H21N3OS. The van der Waals surface area contributed by atoms with Crippen molar-refractivity contribution in [1.82, 2.24) is 0 Å². The van der Waals surface area contributed by atoms with Crippen molar-refractivity contribution in [1.29, 1.82) is 0 Å². The van der Waals surface area contributed by atoms with Gasteiger partial charge in [0.15, 0.2) is 5.17 Å². The van der Waals surface area contributed by atoms with Crippen LogP contribution in [0.1, 0.15) is 32.8 Å². The lowest BCUT2D eigenvalue weighted by Crippen LogP contribution is -2.29. The number of amides is 1. The van der Waals surface area contributed by atoms with Crippen molar-refractivity contribution in [2.24, 2.45) is 16.6 Å². The van der Waals surface area contributed by atoms with E-state index < -0.39 is 0 Å². The summed E-state index contributed by atoms with van der Waals surface area (Å²) in [7, 11) is 0. The van der Waals surface area contributed by atoms with E-state index in [2.05, 4.69) is 17.2 Å². The van der Waals surface area contributed by atoms with Crippen LogP contribution >= 0.6 is 11.8 Å². The van der Waals surface area contributed by atoms with Crippen LogP contribution in [0.15, 0.2) is 29.3 Å². The third kappa shape index (κ3) is 3.33. The Morgan fingerprint density at radius 3 is 2.90 bits per heavy atom. The van der Waals surface area contributed by atoms with Gasteiger partial charge in [-0.25, -0.2) is 0 Å². The third-order valence-corrected chi connectivity index (χ3v) is 4.27. The number of nitrogens with one attached hydrogen (secondary N) is 1. The highest BCUT2D eigenvalue weighted by Crippen LogP contribution is 2.35. The summed E-state index contributed by atoms with van der Waals surface area (Å²) in [5.41, 5.74) is 7.45. The van der Waals surface area contributed by atoms with Crippen LogP contribution in [0.3, 0.4) is 0 Å². The van der Waals surface area contributed by atoms with Gasteiger partial charge in [-0.1, -0.05) is 37.7 Å². The van der Waals surface area contributed by atoms with E-state index in [1.807, 2.05) is 38.1 Å². The zero-order valence-electron chi connectivity index (χ0n) is 12.1. The molecule has 1 aliphatic rings. The molecule has 2 rings (SSSR count). The van der Waals surface area contributed by atoms with Crippen LogP contribution in [-0.2, 0) is 10.3 Å². The molecule has 0 saturated heterocycles. The minimum absolute atomic E-state index is 0.0227. The Hall–Kier alpha value is -1.49. The molecule has 4 nitrogen and oxygen atoms in total. The van der Waals surface area contributed by atoms with Crippen molar-refractivity contribution < 1.29 is 4.79 Å². The maximum Gasteiger partial charge on any atom is 0.226 e. The van der Waals surface area contributed by atoms with Crippen molar-refractivity contribution in [2.75, 3.05) is 11.1 Å². The van der Waals surface area contributed by atoms with E-state index in [-0.39, 0.29) is 17.4 Å². The first-order valence-corrected chi connectivity index (χ1v) is 7.79. The Bertz CT molecular complexity index is 542. The molecular weight excluding hydrogens is 270 g/mol. The van der Waals surface area contributed by atoms with Gasteiger partial charge in [-0.2, -0.15) is 0 Å². The number of carbonyl (C=O) groups excluding carboxylic acids is 1. The lowest BCUT2D eigenvalue weighted by atomic mass is 9.89. The van der Waals surface area contributed by atoms with E-state index in [1.54, 1.807) is 11.8 Å². The summed E-state index contributed by atoms with van der Waals surface area (Å²) in [6.45, 7) is 5.84. The van der Waals surface area contributed by atoms with Crippen LogP contribution in [0.25, 0.3) is 0 Å². The number of hydrogen-bond donors (Lipinski definition) is 2. The summed E-state index contributed by atoms with van der Waals surface area (Å²) in [6, 6.07) is 7.88. The van der Waals surface area contributed by atoms with E-state index >= 15 is 0 Å². The van der Waals surface area contributed by atoms with Gasteiger partial charge in [-0.05, 0) is 31.0 Å². The average molecular weight is 291 g/mol. The van der Waals surface area contributed by atoms with Gasteiger partial charge < -0.3 is 11.1 Å². The number of nitrogens with zero attached hydrogens (tertiary/aromatic N) is 1. The van der Waals surface area contributed by atoms with Crippen LogP contribution < -0.4 is 11.1 Å². The summed E-state index contributed by atoms with van der Waals surface area (Å²) in [6.07, 6.45) is 0.944. The molecule has 0 radical (unpaired) electrons. The predicted octanol–water partition coefficient (Wildman–Crippen LogP) is 2.95. The zero-order valence-corrected chi connectivity index (χ0v) is 13.0. The molecule has 0 saturated carbocycles. The first-order chi connectivity index (χ1) is 9.40. The normalized spacial score (nSPS) is 22.5. The van der Waals surface area contributed by atoms with E-state index in [4.69, 9.17) is 5.73 Å². The molecule has 1 heterocycles. The molecule has 0 spiro atoms. The van der Waals surface area contributed by atoms with E-state index in [0.717, 1.165) is 23.4 Å². The van der Waals surface area contributed by atoms with Crippen LogP contribution in [0, 0.1) is 5.92 Å². The second-order valence-electron chi connectivity index (χ2n) is 5.55. The van der Waals surface area contributed by atoms with Gasteiger partial charge >= 0.3 is 0 Å².